The molecule has 0 radical (unpaired) electrons. The van der Waals surface area contributed by atoms with Gasteiger partial charge in [-0.2, -0.15) is 8.42 Å². The van der Waals surface area contributed by atoms with Gasteiger partial charge in [-0.15, -0.1) is 0 Å². The second-order valence-electron chi connectivity index (χ2n) is 6.06. The molecule has 0 heterocycles. The molecule has 0 fully saturated rings. The van der Waals surface area contributed by atoms with Gasteiger partial charge in [0.25, 0.3) is 10.1 Å². The summed E-state index contributed by atoms with van der Waals surface area (Å²) in [4.78, 5) is 0. The van der Waals surface area contributed by atoms with Gasteiger partial charge in [0, 0.05) is 16.1 Å². The Morgan fingerprint density at radius 3 is 2.00 bits per heavy atom. The Morgan fingerprint density at radius 1 is 0.793 bits per heavy atom. The van der Waals surface area contributed by atoms with Crippen molar-refractivity contribution in [3.63, 3.8) is 0 Å². The van der Waals surface area contributed by atoms with Crippen LogP contribution in [-0.2, 0) is 14.9 Å². The molecular formula is C19H12Cl4O5S. The molecule has 3 N–H and O–H groups in total. The standard InChI is InChI=1S/C19H12Cl4O5S/c20-13-7-6-11(24)8-12(13)19(29(26,27)28,10-4-2-1-3-5-10)16-17(23)14(21)9-15(22)18(16)25/h1-9,24-25H,(H,26,27,28). The summed E-state index contributed by atoms with van der Waals surface area (Å²) in [6.45, 7) is 0. The first-order valence-electron chi connectivity index (χ1n) is 7.90. The maximum atomic E-state index is 13.0. The van der Waals surface area contributed by atoms with Crippen molar-refractivity contribution in [2.45, 2.75) is 4.75 Å². The van der Waals surface area contributed by atoms with Crippen LogP contribution in [0.15, 0.2) is 54.6 Å². The number of benzene rings is 3. The molecular weight excluding hydrogens is 482 g/mol. The van der Waals surface area contributed by atoms with Crippen LogP contribution in [0.1, 0.15) is 16.7 Å². The molecule has 1 atom stereocenters. The predicted molar refractivity (Wildman–Crippen MR) is 114 cm³/mol. The van der Waals surface area contributed by atoms with Gasteiger partial charge in [0.2, 0.25) is 0 Å². The fraction of sp³-hybridized carbons (Fsp3) is 0.0526. The predicted octanol–water partition coefficient (Wildman–Crippen LogP) is 5.89. The fourth-order valence-corrected chi connectivity index (χ4v) is 5.67. The number of phenolic OH excluding ortho intramolecular Hbond substituents is 2. The monoisotopic (exact) mass is 492 g/mol. The topological polar surface area (TPSA) is 94.8 Å². The summed E-state index contributed by atoms with van der Waals surface area (Å²) in [7, 11) is -5.16. The number of hydrogen-bond acceptors (Lipinski definition) is 4. The second kappa shape index (κ2) is 7.87. The Kier molecular flexibility index (Phi) is 5.98. The van der Waals surface area contributed by atoms with E-state index in [0.717, 1.165) is 12.1 Å². The molecule has 3 rings (SSSR count). The van der Waals surface area contributed by atoms with Crippen molar-refractivity contribution in [1.82, 2.24) is 0 Å². The van der Waals surface area contributed by atoms with Gasteiger partial charge in [-0.1, -0.05) is 76.7 Å². The number of rotatable bonds is 4. The van der Waals surface area contributed by atoms with Crippen LogP contribution in [0.4, 0.5) is 0 Å². The molecule has 0 saturated carbocycles. The second-order valence-corrected chi connectivity index (χ2v) is 9.23. The Hall–Kier alpha value is -1.67. The molecule has 0 bridgehead atoms. The Bertz CT molecular complexity index is 1170. The van der Waals surface area contributed by atoms with Gasteiger partial charge in [-0.3, -0.25) is 4.55 Å². The molecule has 10 heteroatoms. The summed E-state index contributed by atoms with van der Waals surface area (Å²) in [6, 6.07) is 12.1. The lowest BCUT2D eigenvalue weighted by Gasteiger charge is -2.34. The first-order chi connectivity index (χ1) is 13.5. The molecule has 0 aromatic heterocycles. The lowest BCUT2D eigenvalue weighted by Crippen LogP contribution is -2.39. The van der Waals surface area contributed by atoms with Crippen LogP contribution in [0.2, 0.25) is 20.1 Å². The highest BCUT2D eigenvalue weighted by molar-refractivity contribution is 7.87. The van der Waals surface area contributed by atoms with Crippen molar-refractivity contribution in [2.24, 2.45) is 0 Å². The molecule has 0 spiro atoms. The molecule has 5 nitrogen and oxygen atoms in total. The number of phenols is 2. The number of aromatic hydroxyl groups is 2. The quantitative estimate of drug-likeness (QED) is 0.239. The van der Waals surface area contributed by atoms with E-state index in [1.807, 2.05) is 0 Å². The van der Waals surface area contributed by atoms with Gasteiger partial charge in [0.1, 0.15) is 11.5 Å². The summed E-state index contributed by atoms with van der Waals surface area (Å²) >= 11 is 24.8. The highest BCUT2D eigenvalue weighted by Gasteiger charge is 2.53. The van der Waals surface area contributed by atoms with Crippen LogP contribution in [0.5, 0.6) is 11.5 Å². The van der Waals surface area contributed by atoms with E-state index < -0.39 is 26.2 Å². The average Bonchev–Trinajstić information content (AvgIpc) is 2.65. The van der Waals surface area contributed by atoms with E-state index in [1.165, 1.54) is 36.4 Å². The average molecular weight is 494 g/mol. The van der Waals surface area contributed by atoms with Gasteiger partial charge >= 0.3 is 0 Å². The zero-order valence-electron chi connectivity index (χ0n) is 14.3. The minimum Gasteiger partial charge on any atom is -0.508 e. The minimum atomic E-state index is -5.16. The third-order valence-electron chi connectivity index (χ3n) is 4.39. The molecule has 3 aromatic carbocycles. The third kappa shape index (κ3) is 3.54. The fourth-order valence-electron chi connectivity index (χ4n) is 3.21. The molecule has 152 valence electrons. The minimum absolute atomic E-state index is 0.0227. The van der Waals surface area contributed by atoms with E-state index in [4.69, 9.17) is 46.4 Å². The highest BCUT2D eigenvalue weighted by atomic mass is 35.5. The zero-order valence-corrected chi connectivity index (χ0v) is 18.1. The highest BCUT2D eigenvalue weighted by Crippen LogP contribution is 2.54. The zero-order chi connectivity index (χ0) is 21.6. The molecule has 29 heavy (non-hydrogen) atoms. The molecule has 0 aliphatic rings. The maximum Gasteiger partial charge on any atom is 0.283 e. The third-order valence-corrected chi connectivity index (χ3v) is 7.23. The number of hydrogen-bond donors (Lipinski definition) is 3. The lowest BCUT2D eigenvalue weighted by molar-refractivity contribution is 0.439. The molecule has 0 saturated heterocycles. The van der Waals surface area contributed by atoms with Gasteiger partial charge in [-0.25, -0.2) is 0 Å². The smallest absolute Gasteiger partial charge is 0.283 e. The van der Waals surface area contributed by atoms with Crippen molar-refractivity contribution in [2.75, 3.05) is 0 Å². The Labute approximate surface area is 186 Å². The van der Waals surface area contributed by atoms with E-state index in [9.17, 15) is 23.2 Å². The summed E-state index contributed by atoms with van der Waals surface area (Å²) in [5, 5.41) is 19.8. The summed E-state index contributed by atoms with van der Waals surface area (Å²) in [5.74, 6) is -1.06. The first kappa shape index (κ1) is 22.0. The van der Waals surface area contributed by atoms with Crippen LogP contribution in [0.25, 0.3) is 0 Å². The van der Waals surface area contributed by atoms with Gasteiger partial charge in [0.15, 0.2) is 4.75 Å². The van der Waals surface area contributed by atoms with E-state index in [-0.39, 0.29) is 37.0 Å². The Balaban J connectivity index is 2.69. The van der Waals surface area contributed by atoms with Gasteiger partial charge < -0.3 is 10.2 Å². The van der Waals surface area contributed by atoms with Crippen molar-refractivity contribution in [3.8, 4) is 11.5 Å². The maximum absolute atomic E-state index is 13.0. The summed E-state index contributed by atoms with van der Waals surface area (Å²) < 4.78 is 34.0. The molecule has 0 amide bonds. The van der Waals surface area contributed by atoms with Crippen LogP contribution in [-0.4, -0.2) is 23.2 Å². The molecule has 3 aromatic rings. The normalized spacial score (nSPS) is 13.8. The van der Waals surface area contributed by atoms with Crippen molar-refractivity contribution in [1.29, 1.82) is 0 Å². The number of halogens is 4. The van der Waals surface area contributed by atoms with E-state index >= 15 is 0 Å². The van der Waals surface area contributed by atoms with Crippen molar-refractivity contribution >= 4 is 56.5 Å². The summed E-state index contributed by atoms with van der Waals surface area (Å²) in [6.07, 6.45) is 0. The van der Waals surface area contributed by atoms with E-state index in [1.54, 1.807) is 6.07 Å². The largest absolute Gasteiger partial charge is 0.508 e. The molecule has 0 aliphatic carbocycles. The van der Waals surface area contributed by atoms with Crippen LogP contribution in [0, 0.1) is 0 Å². The summed E-state index contributed by atoms with van der Waals surface area (Å²) in [5.41, 5.74) is -0.785. The van der Waals surface area contributed by atoms with Crippen molar-refractivity contribution in [3.05, 3.63) is 91.4 Å². The van der Waals surface area contributed by atoms with Crippen LogP contribution in [0.3, 0.4) is 0 Å². The SMILES string of the molecule is O=S(=O)(O)C(c1ccccc1)(c1cc(O)ccc1Cl)c1c(O)c(Cl)cc(Cl)c1Cl. The van der Waals surface area contributed by atoms with Crippen LogP contribution >= 0.6 is 46.4 Å². The van der Waals surface area contributed by atoms with E-state index in [2.05, 4.69) is 0 Å². The Morgan fingerprint density at radius 2 is 1.41 bits per heavy atom. The van der Waals surface area contributed by atoms with Crippen LogP contribution < -0.4 is 0 Å². The van der Waals surface area contributed by atoms with E-state index in [0.29, 0.717) is 0 Å². The van der Waals surface area contributed by atoms with Gasteiger partial charge in [-0.05, 0) is 29.8 Å². The molecule has 0 aliphatic heterocycles. The lowest BCUT2D eigenvalue weighted by atomic mass is 9.83. The van der Waals surface area contributed by atoms with Crippen molar-refractivity contribution < 1.29 is 23.2 Å². The first-order valence-corrected chi connectivity index (χ1v) is 10.9. The molecule has 1 unspecified atom stereocenters. The van der Waals surface area contributed by atoms with Gasteiger partial charge in [0.05, 0.1) is 15.1 Å².